The molecule has 4 heterocycles. The van der Waals surface area contributed by atoms with Gasteiger partial charge in [0.15, 0.2) is 0 Å². The predicted octanol–water partition coefficient (Wildman–Crippen LogP) is 7.47. The number of rotatable bonds is 2. The van der Waals surface area contributed by atoms with Crippen molar-refractivity contribution in [1.82, 2.24) is 9.97 Å². The highest BCUT2D eigenvalue weighted by Crippen LogP contribution is 2.41. The number of hydrogen-bond donors (Lipinski definition) is 0. The van der Waals surface area contributed by atoms with Crippen LogP contribution in [0.5, 0.6) is 0 Å². The summed E-state index contributed by atoms with van der Waals surface area (Å²) in [6.45, 7) is 8.73. The molecule has 2 nitrogen and oxygen atoms in total. The first-order chi connectivity index (χ1) is 13.5. The lowest BCUT2D eigenvalue weighted by molar-refractivity contribution is 1.36. The van der Waals surface area contributed by atoms with Gasteiger partial charge in [0.25, 0.3) is 0 Å². The monoisotopic (exact) mass is 400 g/mol. The molecule has 0 atom stereocenters. The minimum atomic E-state index is 0.968. The van der Waals surface area contributed by atoms with Crippen LogP contribution in [0.1, 0.15) is 19.5 Å². The van der Waals surface area contributed by atoms with Crippen LogP contribution in [0.4, 0.5) is 0 Å². The predicted molar refractivity (Wildman–Crippen MR) is 123 cm³/mol. The van der Waals surface area contributed by atoms with Crippen LogP contribution in [0.3, 0.4) is 0 Å². The second kappa shape index (κ2) is 6.50. The van der Waals surface area contributed by atoms with E-state index in [2.05, 4.69) is 69.1 Å². The highest BCUT2D eigenvalue weighted by molar-refractivity contribution is 7.12. The Labute approximate surface area is 172 Å². The number of aromatic nitrogens is 2. The minimum absolute atomic E-state index is 0.968. The Hall–Kier alpha value is -2.56. The fourth-order valence-corrected chi connectivity index (χ4v) is 5.81. The standard InChI is InChI=1S/C24H20N2S2/c1-13-10-19(15(3)27-13)21-12-18-8-7-17-6-5-9-25-22(17)23(18)26-24(21)20-11-14(2)28-16(20)4/h5-12H,1-4H3. The molecule has 0 N–H and O–H groups in total. The molecule has 28 heavy (non-hydrogen) atoms. The highest BCUT2D eigenvalue weighted by Gasteiger charge is 2.18. The van der Waals surface area contributed by atoms with Crippen molar-refractivity contribution < 1.29 is 0 Å². The third-order valence-electron chi connectivity index (χ3n) is 5.18. The highest BCUT2D eigenvalue weighted by atomic mass is 32.1. The first-order valence-electron chi connectivity index (χ1n) is 9.34. The van der Waals surface area contributed by atoms with Crippen LogP contribution in [0.25, 0.3) is 44.2 Å². The van der Waals surface area contributed by atoms with E-state index in [-0.39, 0.29) is 0 Å². The number of aryl methyl sites for hydroxylation is 4. The Kier molecular flexibility index (Phi) is 4.07. The summed E-state index contributed by atoms with van der Waals surface area (Å²) in [6, 6.07) is 15.2. The van der Waals surface area contributed by atoms with Crippen molar-refractivity contribution in [3.63, 3.8) is 0 Å². The van der Waals surface area contributed by atoms with Crippen molar-refractivity contribution >= 4 is 44.5 Å². The van der Waals surface area contributed by atoms with Gasteiger partial charge < -0.3 is 0 Å². The van der Waals surface area contributed by atoms with Crippen molar-refractivity contribution in [3.8, 4) is 22.4 Å². The van der Waals surface area contributed by atoms with E-state index in [4.69, 9.17) is 4.98 Å². The molecule has 0 bridgehead atoms. The lowest BCUT2D eigenvalue weighted by Gasteiger charge is -2.12. The average Bonchev–Trinajstić information content (AvgIpc) is 3.20. The van der Waals surface area contributed by atoms with E-state index in [0.29, 0.717) is 0 Å². The smallest absolute Gasteiger partial charge is 0.0972 e. The van der Waals surface area contributed by atoms with Gasteiger partial charge in [-0.25, -0.2) is 4.98 Å². The van der Waals surface area contributed by atoms with Crippen molar-refractivity contribution in [3.05, 3.63) is 68.2 Å². The molecule has 4 aromatic heterocycles. The van der Waals surface area contributed by atoms with Gasteiger partial charge in [-0.1, -0.05) is 18.2 Å². The number of benzene rings is 1. The Morgan fingerprint density at radius 2 is 1.36 bits per heavy atom. The summed E-state index contributed by atoms with van der Waals surface area (Å²) in [5, 5.41) is 2.26. The SMILES string of the molecule is Cc1cc(-c2cc3ccc4cccnc4c3nc2-c2cc(C)sc2C)c(C)s1. The molecule has 0 fully saturated rings. The van der Waals surface area contributed by atoms with E-state index in [1.807, 2.05) is 34.9 Å². The zero-order valence-electron chi connectivity index (χ0n) is 16.3. The van der Waals surface area contributed by atoms with E-state index in [1.54, 1.807) is 0 Å². The molecule has 0 aliphatic heterocycles. The maximum atomic E-state index is 5.22. The molecular weight excluding hydrogens is 380 g/mol. The minimum Gasteiger partial charge on any atom is -0.254 e. The molecule has 5 rings (SSSR count). The lowest BCUT2D eigenvalue weighted by atomic mass is 9.97. The van der Waals surface area contributed by atoms with Crippen molar-refractivity contribution in [2.45, 2.75) is 27.7 Å². The van der Waals surface area contributed by atoms with Crippen LogP contribution in [-0.4, -0.2) is 9.97 Å². The van der Waals surface area contributed by atoms with Gasteiger partial charge in [0.2, 0.25) is 0 Å². The summed E-state index contributed by atoms with van der Waals surface area (Å²) in [7, 11) is 0. The van der Waals surface area contributed by atoms with Gasteiger partial charge in [0.05, 0.1) is 16.7 Å². The van der Waals surface area contributed by atoms with Crippen LogP contribution in [0, 0.1) is 27.7 Å². The topological polar surface area (TPSA) is 25.8 Å². The molecule has 0 unspecified atom stereocenters. The third-order valence-corrected chi connectivity index (χ3v) is 7.12. The Morgan fingerprint density at radius 3 is 2.04 bits per heavy atom. The summed E-state index contributed by atoms with van der Waals surface area (Å²) in [5.41, 5.74) is 6.74. The summed E-state index contributed by atoms with van der Waals surface area (Å²) < 4.78 is 0. The van der Waals surface area contributed by atoms with Gasteiger partial charge in [-0.2, -0.15) is 0 Å². The molecule has 1 aromatic carbocycles. The third kappa shape index (κ3) is 2.76. The molecule has 0 saturated heterocycles. The average molecular weight is 401 g/mol. The van der Waals surface area contributed by atoms with E-state index in [0.717, 1.165) is 27.5 Å². The summed E-state index contributed by atoms with van der Waals surface area (Å²) in [6.07, 6.45) is 1.85. The van der Waals surface area contributed by atoms with Gasteiger partial charge in [-0.15, -0.1) is 22.7 Å². The molecule has 0 radical (unpaired) electrons. The van der Waals surface area contributed by atoms with Gasteiger partial charge in [0.1, 0.15) is 0 Å². The van der Waals surface area contributed by atoms with Crippen molar-refractivity contribution in [2.75, 3.05) is 0 Å². The van der Waals surface area contributed by atoms with Crippen LogP contribution in [0.15, 0.2) is 48.7 Å². The Bertz CT molecular complexity index is 1360. The van der Waals surface area contributed by atoms with Gasteiger partial charge in [-0.05, 0) is 57.5 Å². The summed E-state index contributed by atoms with van der Waals surface area (Å²) >= 11 is 3.68. The van der Waals surface area contributed by atoms with Crippen LogP contribution in [0.2, 0.25) is 0 Å². The van der Waals surface area contributed by atoms with E-state index in [1.165, 1.54) is 36.2 Å². The first-order valence-corrected chi connectivity index (χ1v) is 11.0. The molecule has 138 valence electrons. The summed E-state index contributed by atoms with van der Waals surface area (Å²) in [4.78, 5) is 15.2. The number of thiophene rings is 2. The molecule has 4 heteroatoms. The number of pyridine rings is 2. The fraction of sp³-hybridized carbons (Fsp3) is 0.167. The Balaban J connectivity index is 1.92. The van der Waals surface area contributed by atoms with E-state index in [9.17, 15) is 0 Å². The zero-order chi connectivity index (χ0) is 19.4. The molecule has 5 aromatic rings. The molecule has 0 aliphatic rings. The largest absolute Gasteiger partial charge is 0.254 e. The van der Waals surface area contributed by atoms with Crippen molar-refractivity contribution in [2.24, 2.45) is 0 Å². The Morgan fingerprint density at radius 1 is 0.679 bits per heavy atom. The van der Waals surface area contributed by atoms with Crippen LogP contribution >= 0.6 is 22.7 Å². The maximum Gasteiger partial charge on any atom is 0.0972 e. The molecular formula is C24H20N2S2. The van der Waals surface area contributed by atoms with Crippen molar-refractivity contribution in [1.29, 1.82) is 0 Å². The van der Waals surface area contributed by atoms with Crippen LogP contribution in [-0.2, 0) is 0 Å². The number of hydrogen-bond acceptors (Lipinski definition) is 4. The normalized spacial score (nSPS) is 11.6. The molecule has 0 amide bonds. The maximum absolute atomic E-state index is 5.22. The quantitative estimate of drug-likeness (QED) is 0.287. The van der Waals surface area contributed by atoms with Gasteiger partial charge in [-0.3, -0.25) is 4.98 Å². The second-order valence-corrected chi connectivity index (χ2v) is 10.2. The zero-order valence-corrected chi connectivity index (χ0v) is 18.0. The van der Waals surface area contributed by atoms with E-state index < -0.39 is 0 Å². The number of nitrogens with zero attached hydrogens (tertiary/aromatic N) is 2. The molecule has 0 aliphatic carbocycles. The second-order valence-electron chi connectivity index (χ2n) is 7.25. The first kappa shape index (κ1) is 17.5. The fourth-order valence-electron chi connectivity index (χ4n) is 3.95. The number of fused-ring (bicyclic) bond motifs is 3. The van der Waals surface area contributed by atoms with Crippen LogP contribution < -0.4 is 0 Å². The van der Waals surface area contributed by atoms with Gasteiger partial charge >= 0.3 is 0 Å². The van der Waals surface area contributed by atoms with Gasteiger partial charge in [0, 0.05) is 47.6 Å². The summed E-state index contributed by atoms with van der Waals surface area (Å²) in [5.74, 6) is 0. The lowest BCUT2D eigenvalue weighted by Crippen LogP contribution is -1.93. The van der Waals surface area contributed by atoms with E-state index >= 15 is 0 Å². The molecule has 0 saturated carbocycles. The molecule has 0 spiro atoms.